The summed E-state index contributed by atoms with van der Waals surface area (Å²) in [4.78, 5) is 12.3. The summed E-state index contributed by atoms with van der Waals surface area (Å²) in [5.74, 6) is 11.4. The molecule has 1 nitrogen and oxygen atoms in total. The van der Waals surface area contributed by atoms with Gasteiger partial charge in [0, 0.05) is 11.1 Å². The molecule has 22 heavy (non-hydrogen) atoms. The molecule has 0 radical (unpaired) electrons. The molecule has 0 aromatic heterocycles. The first kappa shape index (κ1) is 18.1. The summed E-state index contributed by atoms with van der Waals surface area (Å²) in [5.41, 5.74) is 7.56. The van der Waals surface area contributed by atoms with Crippen LogP contribution in [0.3, 0.4) is 0 Å². The summed E-state index contributed by atoms with van der Waals surface area (Å²) in [5, 5.41) is 0. The van der Waals surface area contributed by atoms with E-state index in [2.05, 4.69) is 74.1 Å². The predicted octanol–water partition coefficient (Wildman–Crippen LogP) is 3.98. The van der Waals surface area contributed by atoms with E-state index in [0.717, 1.165) is 0 Å². The fourth-order valence-electron chi connectivity index (χ4n) is 1.42. The molecule has 0 atom stereocenters. The molecular weight excluding hydrogens is 300 g/mol. The van der Waals surface area contributed by atoms with Gasteiger partial charge in [-0.15, -0.1) is 11.1 Å². The fourth-order valence-corrected chi connectivity index (χ4v) is 2.35. The number of rotatable bonds is 1. The maximum Gasteiger partial charge on any atom is 0.236 e. The number of hydrogen-bond acceptors (Lipinski definition) is 1. The topological polar surface area (TPSA) is 17.1 Å². The van der Waals surface area contributed by atoms with Gasteiger partial charge in [0.05, 0.1) is 0 Å². The highest BCUT2D eigenvalue weighted by atomic mass is 28.3. The van der Waals surface area contributed by atoms with Gasteiger partial charge >= 0.3 is 0 Å². The molecule has 3 heteroatoms. The lowest BCUT2D eigenvalue weighted by atomic mass is 10.0. The molecule has 1 rings (SSSR count). The Bertz CT molecular complexity index is 743. The Hall–Kier alpha value is -2.00. The van der Waals surface area contributed by atoms with Crippen molar-refractivity contribution in [1.29, 1.82) is 0 Å². The van der Waals surface area contributed by atoms with E-state index in [1.165, 1.54) is 0 Å². The summed E-state index contributed by atoms with van der Waals surface area (Å²) >= 11 is 0. The minimum absolute atomic E-state index is 0.162. The standard InChI is InChI=1S/C19H22OSi2/c1-21(2,3)15-10-9-12-17-11-7-8-13-18(17)19(20)14-16-22(4,5)6/h7-8,11,13H,1-6H3. The van der Waals surface area contributed by atoms with Crippen LogP contribution >= 0.6 is 0 Å². The average molecular weight is 323 g/mol. The van der Waals surface area contributed by atoms with Crippen LogP contribution in [0.2, 0.25) is 39.3 Å². The number of carbonyl (C=O) groups excluding carboxylic acids is 1. The highest BCUT2D eigenvalue weighted by Gasteiger charge is 2.11. The molecule has 0 aliphatic rings. The zero-order chi connectivity index (χ0) is 16.8. The molecule has 0 heterocycles. The van der Waals surface area contributed by atoms with Crippen LogP contribution in [0, 0.1) is 34.8 Å². The lowest BCUT2D eigenvalue weighted by molar-refractivity contribution is 0.105. The van der Waals surface area contributed by atoms with Crippen LogP contribution in [0.15, 0.2) is 24.3 Å². The van der Waals surface area contributed by atoms with Crippen LogP contribution in [0.5, 0.6) is 0 Å². The number of ketones is 1. The maximum absolute atomic E-state index is 12.3. The molecule has 0 N–H and O–H groups in total. The first-order valence-electron chi connectivity index (χ1n) is 7.28. The van der Waals surface area contributed by atoms with Crippen molar-refractivity contribution in [3.05, 3.63) is 35.4 Å². The van der Waals surface area contributed by atoms with E-state index in [4.69, 9.17) is 0 Å². The maximum atomic E-state index is 12.3. The molecule has 0 unspecified atom stereocenters. The average Bonchev–Trinajstić information content (AvgIpc) is 2.39. The van der Waals surface area contributed by atoms with E-state index < -0.39 is 16.1 Å². The van der Waals surface area contributed by atoms with Crippen molar-refractivity contribution in [3.8, 4) is 34.8 Å². The molecule has 0 aliphatic carbocycles. The quantitative estimate of drug-likeness (QED) is 0.434. The van der Waals surface area contributed by atoms with Gasteiger partial charge < -0.3 is 0 Å². The largest absolute Gasteiger partial charge is 0.279 e. The second-order valence-corrected chi connectivity index (χ2v) is 16.6. The summed E-state index contributed by atoms with van der Waals surface area (Å²) in [6.07, 6.45) is 0. The van der Waals surface area contributed by atoms with Crippen LogP contribution in [0.25, 0.3) is 0 Å². The van der Waals surface area contributed by atoms with Crippen molar-refractivity contribution in [3.63, 3.8) is 0 Å². The smallest absolute Gasteiger partial charge is 0.236 e. The molecule has 0 amide bonds. The first-order chi connectivity index (χ1) is 10.1. The Morgan fingerprint density at radius 1 is 0.864 bits per heavy atom. The highest BCUT2D eigenvalue weighted by Crippen LogP contribution is 2.08. The van der Waals surface area contributed by atoms with Gasteiger partial charge in [0.2, 0.25) is 5.78 Å². The highest BCUT2D eigenvalue weighted by molar-refractivity contribution is 6.84. The normalized spacial score (nSPS) is 10.3. The van der Waals surface area contributed by atoms with E-state index in [1.54, 1.807) is 6.07 Å². The summed E-state index contributed by atoms with van der Waals surface area (Å²) < 4.78 is 0. The lowest BCUT2D eigenvalue weighted by Crippen LogP contribution is -2.17. The Morgan fingerprint density at radius 3 is 2.05 bits per heavy atom. The number of carbonyl (C=O) groups is 1. The van der Waals surface area contributed by atoms with Crippen molar-refractivity contribution >= 4 is 21.9 Å². The first-order valence-corrected chi connectivity index (χ1v) is 14.3. The molecule has 1 aromatic rings. The van der Waals surface area contributed by atoms with Gasteiger partial charge in [-0.05, 0) is 29.9 Å². The van der Waals surface area contributed by atoms with Crippen molar-refractivity contribution in [2.75, 3.05) is 0 Å². The molecule has 0 spiro atoms. The van der Waals surface area contributed by atoms with Gasteiger partial charge in [0.25, 0.3) is 0 Å². The van der Waals surface area contributed by atoms with Gasteiger partial charge in [-0.1, -0.05) is 57.3 Å². The van der Waals surface area contributed by atoms with E-state index in [0.29, 0.717) is 11.1 Å². The van der Waals surface area contributed by atoms with Crippen molar-refractivity contribution in [2.45, 2.75) is 39.3 Å². The van der Waals surface area contributed by atoms with Crippen LogP contribution in [-0.2, 0) is 0 Å². The van der Waals surface area contributed by atoms with E-state index in [-0.39, 0.29) is 5.78 Å². The zero-order valence-electron chi connectivity index (χ0n) is 14.2. The molecule has 0 saturated carbocycles. The zero-order valence-corrected chi connectivity index (χ0v) is 16.2. The Labute approximate surface area is 136 Å². The molecule has 0 aliphatic heterocycles. The van der Waals surface area contributed by atoms with Crippen LogP contribution in [0.4, 0.5) is 0 Å². The van der Waals surface area contributed by atoms with Gasteiger partial charge in [-0.3, -0.25) is 4.79 Å². The second kappa shape index (κ2) is 7.32. The number of benzene rings is 1. The van der Waals surface area contributed by atoms with Crippen LogP contribution in [0.1, 0.15) is 15.9 Å². The van der Waals surface area contributed by atoms with Crippen molar-refractivity contribution < 1.29 is 4.79 Å². The summed E-state index contributed by atoms with van der Waals surface area (Å²) in [7, 11) is -2.97. The van der Waals surface area contributed by atoms with Gasteiger partial charge in [0.1, 0.15) is 16.1 Å². The lowest BCUT2D eigenvalue weighted by Gasteiger charge is -2.03. The third-order valence-corrected chi connectivity index (χ3v) is 4.17. The van der Waals surface area contributed by atoms with E-state index >= 15 is 0 Å². The molecule has 0 bridgehead atoms. The third kappa shape index (κ3) is 7.14. The van der Waals surface area contributed by atoms with Gasteiger partial charge in [-0.25, -0.2) is 0 Å². The summed E-state index contributed by atoms with van der Waals surface area (Å²) in [6.45, 7) is 12.9. The molecule has 0 fully saturated rings. The van der Waals surface area contributed by atoms with E-state index in [9.17, 15) is 4.79 Å². The summed E-state index contributed by atoms with van der Waals surface area (Å²) in [6, 6.07) is 7.32. The predicted molar refractivity (Wildman–Crippen MR) is 99.9 cm³/mol. The SMILES string of the molecule is C[Si](C)(C)C#CC#Cc1ccccc1C(=O)C#C[Si](C)(C)C. The Balaban J connectivity index is 3.10. The Morgan fingerprint density at radius 2 is 1.45 bits per heavy atom. The fraction of sp³-hybridized carbons (Fsp3) is 0.316. The van der Waals surface area contributed by atoms with Crippen molar-refractivity contribution in [2.24, 2.45) is 0 Å². The molecule has 112 valence electrons. The van der Waals surface area contributed by atoms with Crippen LogP contribution in [-0.4, -0.2) is 21.9 Å². The second-order valence-electron chi connectivity index (χ2n) is 7.12. The number of hydrogen-bond donors (Lipinski definition) is 0. The third-order valence-electron chi connectivity index (χ3n) is 2.42. The monoisotopic (exact) mass is 322 g/mol. The Kier molecular flexibility index (Phi) is 6.01. The van der Waals surface area contributed by atoms with Crippen LogP contribution < -0.4 is 0 Å². The van der Waals surface area contributed by atoms with Crippen molar-refractivity contribution in [1.82, 2.24) is 0 Å². The van der Waals surface area contributed by atoms with Gasteiger partial charge in [-0.2, -0.15) is 0 Å². The minimum Gasteiger partial charge on any atom is -0.279 e. The number of Topliss-reactive ketones (excluding diaryl/α,β-unsaturated/α-hetero) is 1. The molecule has 0 saturated heterocycles. The molecular formula is C19H22OSi2. The van der Waals surface area contributed by atoms with E-state index in [1.807, 2.05) is 18.2 Å². The minimum atomic E-state index is -1.56. The van der Waals surface area contributed by atoms with Gasteiger partial charge in [0.15, 0.2) is 0 Å². The molecule has 1 aromatic carbocycles.